The van der Waals surface area contributed by atoms with Gasteiger partial charge < -0.3 is 109 Å². The van der Waals surface area contributed by atoms with Crippen LogP contribution < -0.4 is 68.4 Å². The van der Waals surface area contributed by atoms with Gasteiger partial charge in [0.15, 0.2) is 0 Å². The van der Waals surface area contributed by atoms with E-state index in [4.69, 9.17) is 31.5 Å². The minimum absolute atomic E-state index is 0.0109. The number of primary amides is 1. The summed E-state index contributed by atoms with van der Waals surface area (Å²) in [7, 11) is 2.61. The Morgan fingerprint density at radius 2 is 1.36 bits per heavy atom. The van der Waals surface area contributed by atoms with Gasteiger partial charge in [0, 0.05) is 49.9 Å². The first-order chi connectivity index (χ1) is 53.4. The lowest BCUT2D eigenvalue weighted by molar-refractivity contribution is -0.146. The molecule has 1 fully saturated rings. The standard InChI is InChI=1S/C75H96ClFN14O22/c1-9-43-31-48(111-7)20-21-49(43)44-17-15-42(16-18-44)30-53(65(102)82-51(63(78)100)25-28-113-57-23-19-46(76)29-39(57)2)83-66(103)54(33-60(98)99)84-67(104)56(37-92)85-68(105)61(40(3)93)89-71(108)74(5,34-45-13-10-11-14-50(45)77)90-69(106)62(41(4)94)88-58(95)36-80-64(101)52(22-24-59(96)97)86-72(109)75(6)26-12-27-91(75)70(107)55(87-73(110)112-8)32-47-35-79-38-81-47/h10-11,13-21,23,29,31,35,38,40-41,51-56,61-62,92-94H,9,12,22,24-28,30,32-34,36-37H2,1-8H3,(H2,78,100)(H,79,81)(H,80,101)(H,82,102)(H,83,103)(H,84,104)(H,85,105)(H,86,109)(H,87,110)(H,88,95)(H,89,108)(H,90,106)(H,96,97)(H,98,99)/t40-,41-,51+,52+,53+,54+,55+,56+,61+,62+,74+,75-/m1/s1. The third-order valence-electron chi connectivity index (χ3n) is 18.7. The van der Waals surface area contributed by atoms with Gasteiger partial charge in [0.25, 0.3) is 0 Å². The molecule has 0 aliphatic carbocycles. The molecule has 612 valence electrons. The number of aryl methyl sites for hydroxylation is 2. The number of rotatable bonds is 42. The number of amides is 12. The van der Waals surface area contributed by atoms with Gasteiger partial charge in [0.2, 0.25) is 65.0 Å². The van der Waals surface area contributed by atoms with Crippen LogP contribution in [-0.2, 0) is 92.7 Å². The fourth-order valence-electron chi connectivity index (χ4n) is 12.3. The molecule has 38 heteroatoms. The van der Waals surface area contributed by atoms with Crippen molar-refractivity contribution in [1.29, 1.82) is 0 Å². The average Bonchev–Trinajstić information content (AvgIpc) is 1.60. The van der Waals surface area contributed by atoms with Crippen LogP contribution >= 0.6 is 11.6 Å². The number of aliphatic hydroxyl groups is 3. The summed E-state index contributed by atoms with van der Waals surface area (Å²) >= 11 is 6.10. The van der Waals surface area contributed by atoms with Gasteiger partial charge in [0.05, 0.1) is 64.6 Å². The van der Waals surface area contributed by atoms with Gasteiger partial charge in [-0.05, 0) is 130 Å². The average molecular weight is 1600 g/mol. The Morgan fingerprint density at radius 1 is 0.717 bits per heavy atom. The number of likely N-dealkylation sites (tertiary alicyclic amines) is 1. The molecule has 12 atom stereocenters. The van der Waals surface area contributed by atoms with Crippen LogP contribution in [0.15, 0.2) is 97.5 Å². The number of nitrogens with two attached hydrogens (primary N) is 1. The summed E-state index contributed by atoms with van der Waals surface area (Å²) < 4.78 is 31.5. The number of alkyl carbamates (subject to hydrolysis) is 1. The maximum atomic E-state index is 15.5. The number of nitrogens with zero attached hydrogens (tertiary/aromatic N) is 2. The van der Waals surface area contributed by atoms with Crippen LogP contribution in [0.4, 0.5) is 9.18 Å². The summed E-state index contributed by atoms with van der Waals surface area (Å²) in [5, 5.41) is 75.8. The van der Waals surface area contributed by atoms with Crippen molar-refractivity contribution in [1.82, 2.24) is 68.0 Å². The number of methoxy groups -OCH3 is 2. The molecule has 36 nitrogen and oxygen atoms in total. The van der Waals surface area contributed by atoms with Crippen molar-refractivity contribution in [2.24, 2.45) is 5.73 Å². The van der Waals surface area contributed by atoms with Crippen molar-refractivity contribution < 1.29 is 111 Å². The minimum atomic E-state index is -2.45. The van der Waals surface area contributed by atoms with Crippen LogP contribution in [0.3, 0.4) is 0 Å². The first kappa shape index (κ1) is 90.1. The molecule has 1 aliphatic rings. The second-order valence-corrected chi connectivity index (χ2v) is 27.8. The molecular formula is C75H96ClFN14O22. The first-order valence-electron chi connectivity index (χ1n) is 35.9. The van der Waals surface area contributed by atoms with Crippen LogP contribution in [0, 0.1) is 12.7 Å². The fourth-order valence-corrected chi connectivity index (χ4v) is 12.6. The van der Waals surface area contributed by atoms with Crippen LogP contribution in [0.2, 0.25) is 5.02 Å². The van der Waals surface area contributed by atoms with Crippen molar-refractivity contribution in [3.05, 3.63) is 136 Å². The number of aliphatic hydroxyl groups excluding tert-OH is 3. The van der Waals surface area contributed by atoms with Crippen molar-refractivity contribution in [2.45, 2.75) is 177 Å². The van der Waals surface area contributed by atoms with Gasteiger partial charge in [-0.3, -0.25) is 62.3 Å². The highest BCUT2D eigenvalue weighted by atomic mass is 35.5. The molecular weight excluding hydrogens is 1500 g/mol. The van der Waals surface area contributed by atoms with Gasteiger partial charge in [-0.15, -0.1) is 0 Å². The zero-order chi connectivity index (χ0) is 83.6. The Hall–Kier alpha value is -11.8. The summed E-state index contributed by atoms with van der Waals surface area (Å²) in [6.07, 6.45) is -4.80. The lowest BCUT2D eigenvalue weighted by atomic mass is 9.90. The van der Waals surface area contributed by atoms with Crippen molar-refractivity contribution >= 4 is 94.6 Å². The smallest absolute Gasteiger partial charge is 0.407 e. The van der Waals surface area contributed by atoms with E-state index in [2.05, 4.69) is 63.1 Å². The van der Waals surface area contributed by atoms with Crippen LogP contribution in [0.5, 0.6) is 11.5 Å². The molecule has 0 spiro atoms. The van der Waals surface area contributed by atoms with Gasteiger partial charge in [-0.2, -0.15) is 0 Å². The van der Waals surface area contributed by atoms with E-state index in [1.165, 1.54) is 49.7 Å². The first-order valence-corrected chi connectivity index (χ1v) is 36.3. The number of aromatic amines is 1. The molecule has 1 saturated heterocycles. The SMILES string of the molecule is CCc1cc(OC)ccc1-c1ccc(C[C@H](NC(=O)[C@H](CC(=O)O)NC(=O)[C@H](CO)NC(=O)[C@@H](NC(=O)[C@](C)(Cc2ccccc2F)NC(=O)[C@@H](NC(=O)CNC(=O)[C@H](CCC(=O)O)NC(=O)[C@@]2(C)CCCN2C(=O)[C@H](Cc2c[nH]cn2)NC(=O)OC)[C@@H](C)O)[C@@H](C)O)C(=O)N[C@@H](CCOc2ccc(Cl)cc2C)C(N)=O)cc1. The number of carbonyl (C=O) groups is 14. The van der Waals surface area contributed by atoms with Gasteiger partial charge in [-0.25, -0.2) is 14.2 Å². The molecule has 0 saturated carbocycles. The molecule has 113 heavy (non-hydrogen) atoms. The molecule has 0 unspecified atom stereocenters. The maximum absolute atomic E-state index is 15.5. The van der Waals surface area contributed by atoms with Crippen molar-refractivity contribution in [3.63, 3.8) is 0 Å². The number of imidazole rings is 1. The number of benzene rings is 4. The third-order valence-corrected chi connectivity index (χ3v) is 18.9. The molecule has 0 bridgehead atoms. The Labute approximate surface area is 653 Å². The fraction of sp³-hybridized carbons (Fsp3) is 0.453. The third kappa shape index (κ3) is 25.9. The van der Waals surface area contributed by atoms with Crippen LogP contribution in [0.1, 0.15) is 101 Å². The van der Waals surface area contributed by atoms with E-state index in [9.17, 15) is 92.7 Å². The minimum Gasteiger partial charge on any atom is -0.497 e. The highest BCUT2D eigenvalue weighted by Gasteiger charge is 2.49. The lowest BCUT2D eigenvalue weighted by Gasteiger charge is -2.37. The second-order valence-electron chi connectivity index (χ2n) is 27.3. The van der Waals surface area contributed by atoms with Gasteiger partial charge in [-0.1, -0.05) is 67.1 Å². The summed E-state index contributed by atoms with van der Waals surface area (Å²) in [5.41, 5.74) is 5.41. The molecule has 1 aliphatic heterocycles. The molecule has 4 aromatic carbocycles. The number of hydrogen-bond acceptors (Lipinski definition) is 21. The summed E-state index contributed by atoms with van der Waals surface area (Å²) in [6, 6.07) is 7.61. The Bertz CT molecular complexity index is 4250. The molecule has 6 rings (SSSR count). The van der Waals surface area contributed by atoms with E-state index in [1.54, 1.807) is 55.5 Å². The Kier molecular flexibility index (Phi) is 33.5. The number of hydrogen-bond donors (Lipinski definition) is 17. The topological polar surface area (TPSA) is 546 Å². The van der Waals surface area contributed by atoms with E-state index in [0.29, 0.717) is 39.8 Å². The summed E-state index contributed by atoms with van der Waals surface area (Å²) in [5.74, 6) is -15.8. The number of H-pyrrole nitrogens is 1. The zero-order valence-electron chi connectivity index (χ0n) is 63.3. The normalized spacial score (nSPS) is 16.3. The predicted molar refractivity (Wildman–Crippen MR) is 401 cm³/mol. The number of carboxylic acids is 2. The Balaban J connectivity index is 1.17. The second kappa shape index (κ2) is 42.0. The molecule has 5 aromatic rings. The van der Waals surface area contributed by atoms with Crippen molar-refractivity contribution in [2.75, 3.05) is 40.5 Å². The quantitative estimate of drug-likeness (QED) is 0.0230. The number of aromatic nitrogens is 2. The number of carbonyl (C=O) groups excluding carboxylic acids is 12. The summed E-state index contributed by atoms with van der Waals surface area (Å²) in [4.78, 5) is 199. The molecule has 1 aromatic heterocycles. The van der Waals surface area contributed by atoms with Gasteiger partial charge >= 0.3 is 18.0 Å². The molecule has 0 radical (unpaired) electrons. The van der Waals surface area contributed by atoms with E-state index >= 15 is 4.39 Å². The highest BCUT2D eigenvalue weighted by Crippen LogP contribution is 2.32. The van der Waals surface area contributed by atoms with E-state index in [1.807, 2.05) is 19.1 Å². The van der Waals surface area contributed by atoms with Crippen LogP contribution in [-0.4, -0.2) is 236 Å². The number of nitrogens with one attached hydrogen (secondary N) is 11. The lowest BCUT2D eigenvalue weighted by Crippen LogP contribution is -2.67. The zero-order valence-corrected chi connectivity index (χ0v) is 64.1. The molecule has 12 amide bonds. The maximum Gasteiger partial charge on any atom is 0.407 e. The van der Waals surface area contributed by atoms with Crippen LogP contribution in [0.25, 0.3) is 11.1 Å². The predicted octanol–water partition coefficient (Wildman–Crippen LogP) is -0.685. The van der Waals surface area contributed by atoms with E-state index in [-0.39, 0.29) is 50.8 Å². The summed E-state index contributed by atoms with van der Waals surface area (Å²) in [6.45, 7) is 5.67. The number of aliphatic carboxylic acids is 2. The van der Waals surface area contributed by atoms with E-state index < -0.39 is 199 Å². The van der Waals surface area contributed by atoms with Crippen molar-refractivity contribution in [3.8, 4) is 22.6 Å². The Morgan fingerprint density at radius 3 is 1.96 bits per heavy atom. The molecule has 2 heterocycles. The monoisotopic (exact) mass is 1600 g/mol. The number of ether oxygens (including phenoxy) is 3. The number of halogens is 2. The van der Waals surface area contributed by atoms with E-state index in [0.717, 1.165) is 50.6 Å². The van der Waals surface area contributed by atoms with Gasteiger partial charge in [0.1, 0.15) is 76.7 Å². The molecule has 18 N–H and O–H groups in total. The largest absolute Gasteiger partial charge is 0.497 e. The number of carboxylic acid groups (broad SMARTS) is 2. The highest BCUT2D eigenvalue weighted by molar-refractivity contribution is 6.30.